The van der Waals surface area contributed by atoms with Crippen LogP contribution in [0.4, 0.5) is 0 Å². The Balaban J connectivity index is 3.08. The van der Waals surface area contributed by atoms with E-state index in [9.17, 15) is 4.79 Å². The zero-order valence-electron chi connectivity index (χ0n) is 12.4. The molecule has 1 aromatic carbocycles. The fraction of sp³-hybridized carbons (Fsp3) is 0.562. The first-order valence-electron chi connectivity index (χ1n) is 6.48. The smallest absolute Gasteiger partial charge is 0.159 e. The molecule has 0 aliphatic carbocycles. The van der Waals surface area contributed by atoms with Gasteiger partial charge in [-0.2, -0.15) is 0 Å². The normalized spacial score (nSPS) is 14.3. The number of benzene rings is 1. The molecule has 0 saturated heterocycles. The zero-order chi connectivity index (χ0) is 14.0. The van der Waals surface area contributed by atoms with Crippen LogP contribution in [0.3, 0.4) is 0 Å². The summed E-state index contributed by atoms with van der Waals surface area (Å²) in [5.74, 6) is 0.226. The quantitative estimate of drug-likeness (QED) is 0.881. The highest BCUT2D eigenvalue weighted by atomic mass is 16.1. The van der Waals surface area contributed by atoms with Crippen molar-refractivity contribution in [2.45, 2.75) is 53.1 Å². The molecule has 0 spiro atoms. The van der Waals surface area contributed by atoms with Crippen molar-refractivity contribution in [1.82, 2.24) is 5.32 Å². The fourth-order valence-corrected chi connectivity index (χ4v) is 1.81. The van der Waals surface area contributed by atoms with Gasteiger partial charge < -0.3 is 0 Å². The van der Waals surface area contributed by atoms with Crippen molar-refractivity contribution in [3.8, 4) is 0 Å². The molecule has 2 heteroatoms. The second kappa shape index (κ2) is 5.23. The molecule has 0 saturated carbocycles. The van der Waals surface area contributed by atoms with Gasteiger partial charge in [0.2, 0.25) is 0 Å². The molecule has 0 heterocycles. The lowest BCUT2D eigenvalue weighted by atomic mass is 9.83. The fourth-order valence-electron chi connectivity index (χ4n) is 1.81. The summed E-state index contributed by atoms with van der Waals surface area (Å²) < 4.78 is 0. The number of carbonyl (C=O) groups excluding carboxylic acids is 1. The van der Waals surface area contributed by atoms with Crippen LogP contribution in [-0.2, 0) is 4.79 Å². The van der Waals surface area contributed by atoms with Crippen LogP contribution < -0.4 is 5.32 Å². The number of nitrogens with one attached hydrogen (secondary N) is 1. The molecule has 18 heavy (non-hydrogen) atoms. The van der Waals surface area contributed by atoms with E-state index in [0.29, 0.717) is 0 Å². The molecule has 1 N–H and O–H groups in total. The molecule has 0 aromatic heterocycles. The first-order chi connectivity index (χ1) is 8.11. The van der Waals surface area contributed by atoms with Crippen LogP contribution in [0.15, 0.2) is 30.3 Å². The monoisotopic (exact) mass is 247 g/mol. The van der Waals surface area contributed by atoms with Gasteiger partial charge in [0.15, 0.2) is 5.78 Å². The molecule has 2 nitrogen and oxygen atoms in total. The van der Waals surface area contributed by atoms with Crippen LogP contribution in [0.25, 0.3) is 0 Å². The van der Waals surface area contributed by atoms with Gasteiger partial charge in [-0.1, -0.05) is 51.1 Å². The Labute approximate surface area is 111 Å². The van der Waals surface area contributed by atoms with E-state index in [1.807, 2.05) is 51.1 Å². The average molecular weight is 247 g/mol. The first kappa shape index (κ1) is 14.9. The van der Waals surface area contributed by atoms with E-state index in [1.165, 1.54) is 0 Å². The minimum atomic E-state index is -0.348. The predicted molar refractivity (Wildman–Crippen MR) is 76.5 cm³/mol. The van der Waals surface area contributed by atoms with Crippen molar-refractivity contribution in [2.75, 3.05) is 0 Å². The van der Waals surface area contributed by atoms with Gasteiger partial charge in [-0.15, -0.1) is 0 Å². The van der Waals surface area contributed by atoms with Gasteiger partial charge in [0.1, 0.15) is 0 Å². The molecule has 0 amide bonds. The molecule has 100 valence electrons. The summed E-state index contributed by atoms with van der Waals surface area (Å²) in [6.07, 6.45) is 0. The van der Waals surface area contributed by atoms with Crippen LogP contribution in [0, 0.1) is 5.41 Å². The van der Waals surface area contributed by atoms with Crippen LogP contribution in [0.1, 0.15) is 53.1 Å². The standard InChI is InChI=1S/C16H25NO/c1-15(2,3)14(18)13(17-16(4,5)6)12-10-8-7-9-11-12/h7-11,13,17H,1-6H3/t13-/m0/s1. The van der Waals surface area contributed by atoms with Crippen molar-refractivity contribution < 1.29 is 4.79 Å². The highest BCUT2D eigenvalue weighted by Crippen LogP contribution is 2.27. The van der Waals surface area contributed by atoms with Crippen molar-refractivity contribution in [1.29, 1.82) is 0 Å². The number of hydrogen-bond acceptors (Lipinski definition) is 2. The topological polar surface area (TPSA) is 29.1 Å². The van der Waals surface area contributed by atoms with Crippen LogP contribution >= 0.6 is 0 Å². The van der Waals surface area contributed by atoms with E-state index < -0.39 is 0 Å². The van der Waals surface area contributed by atoms with Crippen LogP contribution in [-0.4, -0.2) is 11.3 Å². The Bertz CT molecular complexity index is 395. The van der Waals surface area contributed by atoms with Gasteiger partial charge in [0, 0.05) is 11.0 Å². The van der Waals surface area contributed by atoms with E-state index >= 15 is 0 Å². The number of rotatable bonds is 3. The second-order valence-electron chi connectivity index (χ2n) is 6.85. The molecule has 0 bridgehead atoms. The summed E-state index contributed by atoms with van der Waals surface area (Å²) in [5.41, 5.74) is 0.590. The third kappa shape index (κ3) is 4.26. The minimum absolute atomic E-state index is 0.0958. The summed E-state index contributed by atoms with van der Waals surface area (Å²) in [5, 5.41) is 3.43. The maximum Gasteiger partial charge on any atom is 0.159 e. The largest absolute Gasteiger partial charge is 0.299 e. The summed E-state index contributed by atoms with van der Waals surface area (Å²) in [6.45, 7) is 12.2. The second-order valence-corrected chi connectivity index (χ2v) is 6.85. The van der Waals surface area contributed by atoms with Crippen molar-refractivity contribution in [3.63, 3.8) is 0 Å². The summed E-state index contributed by atoms with van der Waals surface area (Å²) in [7, 11) is 0. The highest BCUT2D eigenvalue weighted by molar-refractivity contribution is 5.89. The lowest BCUT2D eigenvalue weighted by Crippen LogP contribution is -2.45. The molecule has 1 atom stereocenters. The van der Waals surface area contributed by atoms with Crippen LogP contribution in [0.5, 0.6) is 0 Å². The number of Topliss-reactive ketones (excluding diaryl/α,β-unsaturated/α-hetero) is 1. The van der Waals surface area contributed by atoms with E-state index in [-0.39, 0.29) is 22.8 Å². The molecule has 0 aliphatic heterocycles. The maximum atomic E-state index is 12.6. The van der Waals surface area contributed by atoms with Gasteiger partial charge in [0.25, 0.3) is 0 Å². The average Bonchev–Trinajstić information content (AvgIpc) is 2.24. The molecule has 0 radical (unpaired) electrons. The van der Waals surface area contributed by atoms with E-state index in [4.69, 9.17) is 0 Å². The molecule has 1 aromatic rings. The van der Waals surface area contributed by atoms with Crippen molar-refractivity contribution in [3.05, 3.63) is 35.9 Å². The van der Waals surface area contributed by atoms with Crippen molar-refractivity contribution in [2.24, 2.45) is 5.41 Å². The molecule has 1 rings (SSSR count). The summed E-state index contributed by atoms with van der Waals surface area (Å²) in [4.78, 5) is 12.6. The number of carbonyl (C=O) groups is 1. The van der Waals surface area contributed by atoms with Gasteiger partial charge >= 0.3 is 0 Å². The Hall–Kier alpha value is -1.15. The molecular formula is C16H25NO. The van der Waals surface area contributed by atoms with E-state index in [1.54, 1.807) is 0 Å². The zero-order valence-corrected chi connectivity index (χ0v) is 12.4. The first-order valence-corrected chi connectivity index (χ1v) is 6.48. The SMILES string of the molecule is CC(C)(C)N[C@H](C(=O)C(C)(C)C)c1ccccc1. The lowest BCUT2D eigenvalue weighted by molar-refractivity contribution is -0.129. The van der Waals surface area contributed by atoms with Gasteiger partial charge in [0.05, 0.1) is 6.04 Å². The molecule has 0 aliphatic rings. The maximum absolute atomic E-state index is 12.6. The van der Waals surface area contributed by atoms with E-state index in [2.05, 4.69) is 26.1 Å². The molecular weight excluding hydrogens is 222 g/mol. The molecule has 0 unspecified atom stereocenters. The van der Waals surface area contributed by atoms with Gasteiger partial charge in [-0.3, -0.25) is 10.1 Å². The number of hydrogen-bond donors (Lipinski definition) is 1. The Morgan fingerprint density at radius 2 is 1.50 bits per heavy atom. The van der Waals surface area contributed by atoms with E-state index in [0.717, 1.165) is 5.56 Å². The van der Waals surface area contributed by atoms with Gasteiger partial charge in [-0.25, -0.2) is 0 Å². The van der Waals surface area contributed by atoms with Crippen LogP contribution in [0.2, 0.25) is 0 Å². The van der Waals surface area contributed by atoms with Gasteiger partial charge in [-0.05, 0) is 26.3 Å². The lowest BCUT2D eigenvalue weighted by Gasteiger charge is -2.32. The predicted octanol–water partition coefficient (Wildman–Crippen LogP) is 3.73. The third-order valence-electron chi connectivity index (χ3n) is 2.71. The Morgan fingerprint density at radius 1 is 1.00 bits per heavy atom. The molecule has 0 fully saturated rings. The summed E-state index contributed by atoms with van der Waals surface area (Å²) >= 11 is 0. The Kier molecular flexibility index (Phi) is 4.33. The highest BCUT2D eigenvalue weighted by Gasteiger charge is 2.32. The third-order valence-corrected chi connectivity index (χ3v) is 2.71. The Morgan fingerprint density at radius 3 is 1.89 bits per heavy atom. The van der Waals surface area contributed by atoms with Crippen molar-refractivity contribution >= 4 is 5.78 Å². The summed E-state index contributed by atoms with van der Waals surface area (Å²) in [6, 6.07) is 9.69. The number of ketones is 1. The minimum Gasteiger partial charge on any atom is -0.299 e.